The molecular weight excluding hydrogens is 194 g/mol. The molecule has 0 radical (unpaired) electrons. The van der Waals surface area contributed by atoms with E-state index < -0.39 is 12.0 Å². The lowest BCUT2D eigenvalue weighted by atomic mass is 9.94. The lowest BCUT2D eigenvalue weighted by molar-refractivity contribution is -0.135. The first kappa shape index (κ1) is 12.0. The zero-order valence-electron chi connectivity index (χ0n) is 8.92. The fraction of sp³-hybridized carbons (Fsp3) is 0.800. The fourth-order valence-corrected chi connectivity index (χ4v) is 1.88. The number of hydrogen-bond acceptors (Lipinski definition) is 4. The predicted molar refractivity (Wildman–Crippen MR) is 57.5 cm³/mol. The number of carbonyl (C=O) groups is 1. The van der Waals surface area contributed by atoms with Crippen molar-refractivity contribution in [2.45, 2.75) is 32.1 Å². The van der Waals surface area contributed by atoms with Gasteiger partial charge in [0, 0.05) is 6.42 Å². The quantitative estimate of drug-likeness (QED) is 0.362. The number of rotatable bonds is 4. The monoisotopic (exact) mass is 213 g/mol. The van der Waals surface area contributed by atoms with Crippen LogP contribution in [0.15, 0.2) is 0 Å². The highest BCUT2D eigenvalue weighted by Crippen LogP contribution is 2.16. The minimum Gasteiger partial charge on any atom is -0.393 e. The SMILES string of the molecule is N=C(N)OC(=O)CCCC1CCCNC1. The standard InChI is InChI=1S/C10H19N3O2/c11-10(12)15-9(14)5-1-3-8-4-2-6-13-7-8/h8,13H,1-7H2,(H3,11,12). The van der Waals surface area contributed by atoms with E-state index in [-0.39, 0.29) is 0 Å². The van der Waals surface area contributed by atoms with Crippen LogP contribution in [0.2, 0.25) is 0 Å². The molecule has 1 rings (SSSR count). The van der Waals surface area contributed by atoms with E-state index in [2.05, 4.69) is 10.1 Å². The van der Waals surface area contributed by atoms with Crippen LogP contribution in [0.3, 0.4) is 0 Å². The van der Waals surface area contributed by atoms with Gasteiger partial charge in [-0.05, 0) is 44.7 Å². The Bertz CT molecular complexity index is 225. The molecule has 0 saturated carbocycles. The summed E-state index contributed by atoms with van der Waals surface area (Å²) in [5.41, 5.74) is 4.94. The van der Waals surface area contributed by atoms with Crippen molar-refractivity contribution >= 4 is 12.0 Å². The van der Waals surface area contributed by atoms with E-state index in [9.17, 15) is 4.79 Å². The second-order valence-corrected chi connectivity index (χ2v) is 3.94. The van der Waals surface area contributed by atoms with Crippen LogP contribution < -0.4 is 11.1 Å². The van der Waals surface area contributed by atoms with E-state index in [1.165, 1.54) is 12.8 Å². The van der Waals surface area contributed by atoms with Gasteiger partial charge in [0.25, 0.3) is 6.02 Å². The summed E-state index contributed by atoms with van der Waals surface area (Å²) in [7, 11) is 0. The predicted octanol–water partition coefficient (Wildman–Crippen LogP) is 0.593. The lowest BCUT2D eigenvalue weighted by Gasteiger charge is -2.22. The minimum atomic E-state index is -0.515. The number of nitrogens with two attached hydrogens (primary N) is 1. The van der Waals surface area contributed by atoms with Crippen molar-refractivity contribution in [3.8, 4) is 0 Å². The summed E-state index contributed by atoms with van der Waals surface area (Å²) in [5.74, 6) is 0.287. The average molecular weight is 213 g/mol. The summed E-state index contributed by atoms with van der Waals surface area (Å²) >= 11 is 0. The molecule has 15 heavy (non-hydrogen) atoms. The number of amidine groups is 1. The average Bonchev–Trinajstić information content (AvgIpc) is 2.18. The molecule has 1 aliphatic rings. The third-order valence-corrected chi connectivity index (χ3v) is 2.62. The number of carbonyl (C=O) groups excluding carboxylic acids is 1. The molecule has 0 aliphatic carbocycles. The van der Waals surface area contributed by atoms with Gasteiger partial charge in [0.1, 0.15) is 0 Å². The van der Waals surface area contributed by atoms with Gasteiger partial charge in [0.15, 0.2) is 0 Å². The number of piperidine rings is 1. The zero-order valence-corrected chi connectivity index (χ0v) is 8.92. The molecule has 1 unspecified atom stereocenters. The topological polar surface area (TPSA) is 88.2 Å². The molecule has 0 aromatic carbocycles. The number of esters is 1. The second kappa shape index (κ2) is 6.40. The largest absolute Gasteiger partial charge is 0.393 e. The second-order valence-electron chi connectivity index (χ2n) is 3.94. The van der Waals surface area contributed by atoms with Gasteiger partial charge in [-0.2, -0.15) is 0 Å². The highest BCUT2D eigenvalue weighted by molar-refractivity contribution is 5.84. The Morgan fingerprint density at radius 2 is 2.40 bits per heavy atom. The molecule has 1 atom stereocenters. The Labute approximate surface area is 89.9 Å². The Balaban J connectivity index is 2.04. The molecule has 0 aromatic rings. The summed E-state index contributed by atoms with van der Waals surface area (Å²) < 4.78 is 4.45. The third-order valence-electron chi connectivity index (χ3n) is 2.62. The maximum atomic E-state index is 11.0. The maximum Gasteiger partial charge on any atom is 0.313 e. The normalized spacial score (nSPS) is 20.9. The first-order chi connectivity index (χ1) is 7.18. The van der Waals surface area contributed by atoms with Crippen molar-refractivity contribution in [2.75, 3.05) is 13.1 Å². The van der Waals surface area contributed by atoms with Crippen LogP contribution in [-0.4, -0.2) is 25.1 Å². The Morgan fingerprint density at radius 1 is 1.60 bits per heavy atom. The first-order valence-electron chi connectivity index (χ1n) is 5.44. The molecule has 4 N–H and O–H groups in total. The molecule has 5 nitrogen and oxygen atoms in total. The van der Waals surface area contributed by atoms with Gasteiger partial charge in [-0.3, -0.25) is 10.2 Å². The molecule has 1 fully saturated rings. The Kier molecular flexibility index (Phi) is 5.10. The van der Waals surface area contributed by atoms with Crippen LogP contribution >= 0.6 is 0 Å². The molecule has 86 valence electrons. The van der Waals surface area contributed by atoms with Gasteiger partial charge >= 0.3 is 5.97 Å². The molecule has 0 aromatic heterocycles. The van der Waals surface area contributed by atoms with E-state index in [0.29, 0.717) is 12.3 Å². The van der Waals surface area contributed by atoms with Crippen LogP contribution in [0.1, 0.15) is 32.1 Å². The molecule has 1 heterocycles. The smallest absolute Gasteiger partial charge is 0.313 e. The summed E-state index contributed by atoms with van der Waals surface area (Å²) in [5, 5.41) is 10.1. The van der Waals surface area contributed by atoms with Crippen molar-refractivity contribution in [1.82, 2.24) is 5.32 Å². The summed E-state index contributed by atoms with van der Waals surface area (Å²) in [6.45, 7) is 2.17. The van der Waals surface area contributed by atoms with E-state index in [0.717, 1.165) is 25.9 Å². The molecule has 1 saturated heterocycles. The fourth-order valence-electron chi connectivity index (χ4n) is 1.88. The Morgan fingerprint density at radius 3 is 3.00 bits per heavy atom. The number of ether oxygens (including phenoxy) is 1. The molecule has 1 aliphatic heterocycles. The van der Waals surface area contributed by atoms with E-state index in [1.807, 2.05) is 0 Å². The van der Waals surface area contributed by atoms with Gasteiger partial charge in [-0.1, -0.05) is 0 Å². The highest BCUT2D eigenvalue weighted by atomic mass is 16.5. The van der Waals surface area contributed by atoms with Crippen molar-refractivity contribution in [1.29, 1.82) is 5.41 Å². The summed E-state index contributed by atoms with van der Waals surface area (Å²) in [6.07, 6.45) is 4.69. The van der Waals surface area contributed by atoms with Gasteiger partial charge in [-0.15, -0.1) is 0 Å². The third kappa shape index (κ3) is 5.37. The van der Waals surface area contributed by atoms with Gasteiger partial charge in [-0.25, -0.2) is 0 Å². The van der Waals surface area contributed by atoms with Gasteiger partial charge < -0.3 is 15.8 Å². The van der Waals surface area contributed by atoms with Crippen LogP contribution in [0.25, 0.3) is 0 Å². The lowest BCUT2D eigenvalue weighted by Crippen LogP contribution is -2.29. The first-order valence-corrected chi connectivity index (χ1v) is 5.44. The van der Waals surface area contributed by atoms with Crippen LogP contribution in [0.5, 0.6) is 0 Å². The summed E-state index contributed by atoms with van der Waals surface area (Å²) in [6, 6.07) is -0.515. The zero-order chi connectivity index (χ0) is 11.1. The molecular formula is C10H19N3O2. The number of nitrogens with one attached hydrogen (secondary N) is 2. The molecule has 0 bridgehead atoms. The van der Waals surface area contributed by atoms with E-state index >= 15 is 0 Å². The minimum absolute atomic E-state index is 0.357. The van der Waals surface area contributed by atoms with Crippen molar-refractivity contribution in [2.24, 2.45) is 11.7 Å². The van der Waals surface area contributed by atoms with E-state index in [4.69, 9.17) is 11.1 Å². The highest BCUT2D eigenvalue weighted by Gasteiger charge is 2.13. The van der Waals surface area contributed by atoms with Crippen molar-refractivity contribution < 1.29 is 9.53 Å². The van der Waals surface area contributed by atoms with Crippen LogP contribution in [0, 0.1) is 11.3 Å². The van der Waals surface area contributed by atoms with Crippen LogP contribution in [0.4, 0.5) is 0 Å². The molecule has 5 heteroatoms. The Hall–Kier alpha value is -1.10. The number of hydrogen-bond donors (Lipinski definition) is 3. The molecule has 0 amide bonds. The molecule has 0 spiro atoms. The summed E-state index contributed by atoms with van der Waals surface area (Å²) in [4.78, 5) is 11.0. The van der Waals surface area contributed by atoms with E-state index in [1.54, 1.807) is 0 Å². The maximum absolute atomic E-state index is 11.0. The van der Waals surface area contributed by atoms with Crippen LogP contribution in [-0.2, 0) is 9.53 Å². The van der Waals surface area contributed by atoms with Crippen molar-refractivity contribution in [3.05, 3.63) is 0 Å². The van der Waals surface area contributed by atoms with Gasteiger partial charge in [0.05, 0.1) is 0 Å². The van der Waals surface area contributed by atoms with Crippen molar-refractivity contribution in [3.63, 3.8) is 0 Å². The van der Waals surface area contributed by atoms with Gasteiger partial charge in [0.2, 0.25) is 0 Å².